The van der Waals surface area contributed by atoms with E-state index in [0.29, 0.717) is 22.0 Å². The Morgan fingerprint density at radius 1 is 0.964 bits per heavy atom. The lowest BCUT2D eigenvalue weighted by Gasteiger charge is -2.22. The Hall–Kier alpha value is -2.83. The maximum atomic E-state index is 12.9. The monoisotopic (exact) mass is 414 g/mol. The summed E-state index contributed by atoms with van der Waals surface area (Å²) in [6, 6.07) is 19.9. The Morgan fingerprint density at radius 3 is 2.36 bits per heavy atom. The molecular weight excluding hydrogens is 396 g/mol. The molecule has 0 unspecified atom stereocenters. The molecule has 0 aliphatic carbocycles. The van der Waals surface area contributed by atoms with Gasteiger partial charge in [0.25, 0.3) is 15.9 Å². The molecule has 0 saturated carbocycles. The van der Waals surface area contributed by atoms with Crippen LogP contribution < -0.4 is 9.62 Å². The van der Waals surface area contributed by atoms with Crippen LogP contribution in [-0.2, 0) is 10.0 Å². The van der Waals surface area contributed by atoms with Crippen LogP contribution in [0.3, 0.4) is 0 Å². The van der Waals surface area contributed by atoms with Gasteiger partial charge in [0.1, 0.15) is 0 Å². The van der Waals surface area contributed by atoms with Crippen LogP contribution in [0, 0.1) is 6.92 Å². The largest absolute Gasteiger partial charge is 0.322 e. The molecule has 3 rings (SSSR count). The van der Waals surface area contributed by atoms with Gasteiger partial charge in [0.2, 0.25) is 0 Å². The number of amides is 1. The number of carbonyl (C=O) groups excluding carboxylic acids is 1. The highest BCUT2D eigenvalue weighted by atomic mass is 35.5. The third-order valence-corrected chi connectivity index (χ3v) is 6.32. The summed E-state index contributed by atoms with van der Waals surface area (Å²) in [5, 5.41) is 3.27. The summed E-state index contributed by atoms with van der Waals surface area (Å²) in [6.45, 7) is 1.80. The van der Waals surface area contributed by atoms with Gasteiger partial charge >= 0.3 is 0 Å². The first kappa shape index (κ1) is 19.9. The standard InChI is InChI=1S/C21H19ClN2O3S/c1-15-11-12-16(21(25)23-18-8-6-7-17(22)14-18)13-20(15)24(2)28(26,27)19-9-4-3-5-10-19/h3-14H,1-2H3,(H,23,25). The van der Waals surface area contributed by atoms with E-state index in [1.165, 1.54) is 23.5 Å². The van der Waals surface area contributed by atoms with Gasteiger partial charge in [-0.25, -0.2) is 8.42 Å². The van der Waals surface area contributed by atoms with E-state index in [1.54, 1.807) is 67.6 Å². The zero-order valence-electron chi connectivity index (χ0n) is 15.4. The molecule has 0 atom stereocenters. The molecule has 7 heteroatoms. The summed E-state index contributed by atoms with van der Waals surface area (Å²) >= 11 is 5.95. The molecule has 0 bridgehead atoms. The maximum absolute atomic E-state index is 12.9. The molecule has 0 radical (unpaired) electrons. The third-order valence-electron chi connectivity index (χ3n) is 4.29. The molecule has 3 aromatic carbocycles. The van der Waals surface area contributed by atoms with Crippen LogP contribution in [0.1, 0.15) is 15.9 Å². The van der Waals surface area contributed by atoms with E-state index in [0.717, 1.165) is 5.56 Å². The molecule has 0 aromatic heterocycles. The number of sulfonamides is 1. The second kappa shape index (κ2) is 8.04. The first-order valence-electron chi connectivity index (χ1n) is 8.50. The number of carbonyl (C=O) groups is 1. The number of nitrogens with zero attached hydrogens (tertiary/aromatic N) is 1. The summed E-state index contributed by atoms with van der Waals surface area (Å²) in [5.74, 6) is -0.353. The van der Waals surface area contributed by atoms with Crippen molar-refractivity contribution in [3.63, 3.8) is 0 Å². The summed E-state index contributed by atoms with van der Waals surface area (Å²) < 4.78 is 27.0. The SMILES string of the molecule is Cc1ccc(C(=O)Nc2cccc(Cl)c2)cc1N(C)S(=O)(=O)c1ccccc1. The Bertz CT molecular complexity index is 1120. The average molecular weight is 415 g/mol. The number of benzene rings is 3. The second-order valence-corrected chi connectivity index (χ2v) is 8.66. The van der Waals surface area contributed by atoms with Gasteiger partial charge < -0.3 is 5.32 Å². The van der Waals surface area contributed by atoms with E-state index in [-0.39, 0.29) is 10.8 Å². The molecule has 0 spiro atoms. The fourth-order valence-corrected chi connectivity index (χ4v) is 4.20. The molecule has 0 aliphatic rings. The minimum atomic E-state index is -3.74. The van der Waals surface area contributed by atoms with Gasteiger partial charge in [0.15, 0.2) is 0 Å². The van der Waals surface area contributed by atoms with Crippen molar-refractivity contribution in [3.05, 3.63) is 88.9 Å². The van der Waals surface area contributed by atoms with Crippen LogP contribution in [0.25, 0.3) is 0 Å². The van der Waals surface area contributed by atoms with Gasteiger partial charge in [-0.1, -0.05) is 41.9 Å². The van der Waals surface area contributed by atoms with Gasteiger partial charge in [0.05, 0.1) is 10.6 Å². The van der Waals surface area contributed by atoms with Crippen LogP contribution in [-0.4, -0.2) is 21.4 Å². The van der Waals surface area contributed by atoms with Crippen molar-refractivity contribution in [2.45, 2.75) is 11.8 Å². The zero-order valence-corrected chi connectivity index (χ0v) is 17.0. The number of hydrogen-bond donors (Lipinski definition) is 1. The molecule has 144 valence electrons. The zero-order chi connectivity index (χ0) is 20.3. The predicted octanol–water partition coefficient (Wildman–Crippen LogP) is 4.73. The van der Waals surface area contributed by atoms with Crippen molar-refractivity contribution < 1.29 is 13.2 Å². The summed E-state index contributed by atoms with van der Waals surface area (Å²) in [6.07, 6.45) is 0. The molecular formula is C21H19ClN2O3S. The van der Waals surface area contributed by atoms with Crippen LogP contribution in [0.4, 0.5) is 11.4 Å². The van der Waals surface area contributed by atoms with Crippen LogP contribution in [0.15, 0.2) is 77.7 Å². The highest BCUT2D eigenvalue weighted by Gasteiger charge is 2.23. The Balaban J connectivity index is 1.92. The fraction of sp³-hybridized carbons (Fsp3) is 0.0952. The van der Waals surface area contributed by atoms with Crippen molar-refractivity contribution in [3.8, 4) is 0 Å². The molecule has 0 saturated heterocycles. The molecule has 1 N–H and O–H groups in total. The molecule has 0 heterocycles. The van der Waals surface area contributed by atoms with Gasteiger partial charge in [-0.05, 0) is 55.0 Å². The molecule has 0 fully saturated rings. The van der Waals surface area contributed by atoms with E-state index in [2.05, 4.69) is 5.32 Å². The quantitative estimate of drug-likeness (QED) is 0.656. The lowest BCUT2D eigenvalue weighted by atomic mass is 10.1. The Morgan fingerprint density at radius 2 is 1.68 bits per heavy atom. The summed E-state index contributed by atoms with van der Waals surface area (Å²) in [5.41, 5.74) is 2.07. The smallest absolute Gasteiger partial charge is 0.264 e. The highest BCUT2D eigenvalue weighted by Crippen LogP contribution is 2.27. The maximum Gasteiger partial charge on any atom is 0.264 e. The molecule has 28 heavy (non-hydrogen) atoms. The first-order valence-corrected chi connectivity index (χ1v) is 10.3. The highest BCUT2D eigenvalue weighted by molar-refractivity contribution is 7.92. The minimum absolute atomic E-state index is 0.186. The van der Waals surface area contributed by atoms with E-state index in [1.807, 2.05) is 0 Å². The number of hydrogen-bond acceptors (Lipinski definition) is 3. The lowest BCUT2D eigenvalue weighted by molar-refractivity contribution is 0.102. The van der Waals surface area contributed by atoms with E-state index < -0.39 is 10.0 Å². The van der Waals surface area contributed by atoms with E-state index in [9.17, 15) is 13.2 Å². The van der Waals surface area contributed by atoms with Crippen LogP contribution in [0.5, 0.6) is 0 Å². The average Bonchev–Trinajstić information content (AvgIpc) is 2.68. The van der Waals surface area contributed by atoms with Crippen molar-refractivity contribution in [1.82, 2.24) is 0 Å². The number of anilines is 2. The topological polar surface area (TPSA) is 66.5 Å². The van der Waals surface area contributed by atoms with E-state index in [4.69, 9.17) is 11.6 Å². The molecule has 1 amide bonds. The van der Waals surface area contributed by atoms with Crippen molar-refractivity contribution >= 4 is 38.9 Å². The van der Waals surface area contributed by atoms with Gasteiger partial charge in [0, 0.05) is 23.3 Å². The predicted molar refractivity (Wildman–Crippen MR) is 113 cm³/mol. The number of rotatable bonds is 5. The van der Waals surface area contributed by atoms with Crippen molar-refractivity contribution in [2.24, 2.45) is 0 Å². The van der Waals surface area contributed by atoms with Gasteiger partial charge in [-0.15, -0.1) is 0 Å². The van der Waals surface area contributed by atoms with E-state index >= 15 is 0 Å². The van der Waals surface area contributed by atoms with Crippen molar-refractivity contribution in [2.75, 3.05) is 16.7 Å². The lowest BCUT2D eigenvalue weighted by Crippen LogP contribution is -2.27. The van der Waals surface area contributed by atoms with Gasteiger partial charge in [-0.2, -0.15) is 0 Å². The third kappa shape index (κ3) is 4.18. The first-order chi connectivity index (χ1) is 13.3. The Kier molecular flexibility index (Phi) is 5.72. The second-order valence-electron chi connectivity index (χ2n) is 6.25. The molecule has 0 aliphatic heterocycles. The molecule has 5 nitrogen and oxygen atoms in total. The minimum Gasteiger partial charge on any atom is -0.322 e. The fourth-order valence-electron chi connectivity index (χ4n) is 2.74. The number of aryl methyl sites for hydroxylation is 1. The van der Waals surface area contributed by atoms with Gasteiger partial charge in [-0.3, -0.25) is 9.10 Å². The number of halogens is 1. The molecule has 3 aromatic rings. The summed E-state index contributed by atoms with van der Waals surface area (Å²) in [4.78, 5) is 12.8. The van der Waals surface area contributed by atoms with Crippen LogP contribution in [0.2, 0.25) is 5.02 Å². The van der Waals surface area contributed by atoms with Crippen LogP contribution >= 0.6 is 11.6 Å². The Labute approximate surface area is 169 Å². The number of nitrogens with one attached hydrogen (secondary N) is 1. The normalized spacial score (nSPS) is 11.1. The van der Waals surface area contributed by atoms with Crippen molar-refractivity contribution in [1.29, 1.82) is 0 Å². The summed E-state index contributed by atoms with van der Waals surface area (Å²) in [7, 11) is -2.26.